The predicted molar refractivity (Wildman–Crippen MR) is 159 cm³/mol. The molecule has 2 aliphatic carbocycles. The van der Waals surface area contributed by atoms with Gasteiger partial charge in [0, 0.05) is 55.2 Å². The Morgan fingerprint density at radius 3 is 2.41 bits per heavy atom. The summed E-state index contributed by atoms with van der Waals surface area (Å²) in [4.78, 5) is 38.6. The van der Waals surface area contributed by atoms with E-state index in [1.807, 2.05) is 11.0 Å². The smallest absolute Gasteiger partial charge is 0.317 e. The molecule has 13 heteroatoms. The number of likely N-dealkylation sites (tertiary alicyclic amines) is 1. The van der Waals surface area contributed by atoms with Gasteiger partial charge < -0.3 is 31.1 Å². The van der Waals surface area contributed by atoms with Crippen molar-refractivity contribution in [1.82, 2.24) is 34.7 Å². The molecule has 6 rings (SSSR count). The molecule has 41 heavy (non-hydrogen) atoms. The Hall–Kier alpha value is -3.64. The zero-order chi connectivity index (χ0) is 28.5. The Morgan fingerprint density at radius 2 is 1.71 bits per heavy atom. The molecule has 0 aromatic carbocycles. The summed E-state index contributed by atoms with van der Waals surface area (Å²) in [5.74, 6) is 0.340. The maximum absolute atomic E-state index is 13.2. The summed E-state index contributed by atoms with van der Waals surface area (Å²) in [7, 11) is 4.14. The van der Waals surface area contributed by atoms with Crippen LogP contribution in [-0.4, -0.2) is 92.7 Å². The summed E-state index contributed by atoms with van der Waals surface area (Å²) in [6.07, 6.45) is 9.94. The SMILES string of the molecule is CN(C)[C@H]1CCN(C(=O)NC2CCC(Nc3cc(NC4CC4)c4ncc(C(=O)Nc5ccnc(Cl)c5)n4n3)CC2)C1. The van der Waals surface area contributed by atoms with Gasteiger partial charge in [-0.25, -0.2) is 19.3 Å². The van der Waals surface area contributed by atoms with E-state index in [4.69, 9.17) is 16.7 Å². The molecule has 1 aliphatic heterocycles. The van der Waals surface area contributed by atoms with E-state index < -0.39 is 0 Å². The molecule has 4 N–H and O–H groups in total. The van der Waals surface area contributed by atoms with Gasteiger partial charge in [0.05, 0.1) is 11.9 Å². The first kappa shape index (κ1) is 27.5. The number of amides is 3. The van der Waals surface area contributed by atoms with Gasteiger partial charge in [0.2, 0.25) is 0 Å². The van der Waals surface area contributed by atoms with Crippen LogP contribution < -0.4 is 21.3 Å². The molecule has 0 unspecified atom stereocenters. The Morgan fingerprint density at radius 1 is 0.976 bits per heavy atom. The lowest BCUT2D eigenvalue weighted by atomic mass is 9.91. The van der Waals surface area contributed by atoms with Gasteiger partial charge in [-0.2, -0.15) is 0 Å². The summed E-state index contributed by atoms with van der Waals surface area (Å²) >= 11 is 5.98. The Labute approximate surface area is 244 Å². The molecular weight excluding hydrogens is 544 g/mol. The maximum Gasteiger partial charge on any atom is 0.317 e. The van der Waals surface area contributed by atoms with Crippen molar-refractivity contribution in [3.63, 3.8) is 0 Å². The normalized spacial score (nSPS) is 22.6. The van der Waals surface area contributed by atoms with Gasteiger partial charge in [-0.3, -0.25) is 4.79 Å². The fourth-order valence-electron chi connectivity index (χ4n) is 5.63. The highest BCUT2D eigenvalue weighted by Crippen LogP contribution is 2.30. The van der Waals surface area contributed by atoms with Gasteiger partial charge in [-0.05, 0) is 71.2 Å². The van der Waals surface area contributed by atoms with Crippen LogP contribution >= 0.6 is 11.6 Å². The monoisotopic (exact) mass is 580 g/mol. The van der Waals surface area contributed by atoms with Crippen molar-refractivity contribution in [2.45, 2.75) is 69.1 Å². The summed E-state index contributed by atoms with van der Waals surface area (Å²) in [6.45, 7) is 1.59. The van der Waals surface area contributed by atoms with E-state index in [1.54, 1.807) is 16.6 Å². The molecule has 3 amide bonds. The number of imidazole rings is 1. The fraction of sp³-hybridized carbons (Fsp3) is 0.536. The lowest BCUT2D eigenvalue weighted by Crippen LogP contribution is -2.47. The number of likely N-dealkylation sites (N-methyl/N-ethyl adjacent to an activating group) is 1. The van der Waals surface area contributed by atoms with Crippen LogP contribution in [0.3, 0.4) is 0 Å². The molecule has 0 bridgehead atoms. The third-order valence-electron chi connectivity index (χ3n) is 8.21. The molecule has 3 aliphatic rings. The van der Waals surface area contributed by atoms with Gasteiger partial charge in [0.25, 0.3) is 5.91 Å². The second-order valence-corrected chi connectivity index (χ2v) is 11.9. The number of nitrogens with one attached hydrogen (secondary N) is 4. The van der Waals surface area contributed by atoms with Crippen LogP contribution in [0.4, 0.5) is 22.0 Å². The first-order chi connectivity index (χ1) is 19.8. The number of aromatic nitrogens is 4. The number of anilines is 3. The third kappa shape index (κ3) is 6.48. The molecule has 218 valence electrons. The average molecular weight is 581 g/mol. The van der Waals surface area contributed by atoms with Crippen LogP contribution in [0.1, 0.15) is 55.4 Å². The molecule has 0 radical (unpaired) electrons. The summed E-state index contributed by atoms with van der Waals surface area (Å²) in [5.41, 5.74) is 2.31. The molecule has 3 aromatic rings. The second-order valence-electron chi connectivity index (χ2n) is 11.6. The summed E-state index contributed by atoms with van der Waals surface area (Å²) in [6, 6.07) is 6.52. The standard InChI is InChI=1S/C28H37ClN10O2/c1-37(2)21-10-12-38(16-21)28(41)35-19-7-5-18(6-8-19)33-25-14-22(32-17-3-4-17)26-31-15-23(39(26)36-25)27(40)34-20-9-11-30-24(29)13-20/h9,11,13-15,17-19,21,32H,3-8,10,12,16H2,1-2H3,(H,33,36)(H,35,41)(H,30,34,40)/t18?,19?,21-/m0/s1. The molecule has 12 nitrogen and oxygen atoms in total. The van der Waals surface area contributed by atoms with Crippen molar-refractivity contribution < 1.29 is 9.59 Å². The number of carbonyl (C=O) groups excluding carboxylic acids is 2. The topological polar surface area (TPSA) is 132 Å². The highest BCUT2D eigenvalue weighted by atomic mass is 35.5. The first-order valence-corrected chi connectivity index (χ1v) is 14.8. The third-order valence-corrected chi connectivity index (χ3v) is 8.42. The van der Waals surface area contributed by atoms with E-state index in [9.17, 15) is 9.59 Å². The number of nitrogens with zero attached hydrogens (tertiary/aromatic N) is 6. The molecule has 3 fully saturated rings. The van der Waals surface area contributed by atoms with Gasteiger partial charge in [0.15, 0.2) is 11.3 Å². The Kier molecular flexibility index (Phi) is 7.85. The quantitative estimate of drug-likeness (QED) is 0.297. The van der Waals surface area contributed by atoms with Crippen molar-refractivity contribution in [1.29, 1.82) is 0 Å². The van der Waals surface area contributed by atoms with Gasteiger partial charge in [-0.15, -0.1) is 5.10 Å². The zero-order valence-electron chi connectivity index (χ0n) is 23.4. The number of urea groups is 1. The number of carbonyl (C=O) groups is 2. The van der Waals surface area contributed by atoms with E-state index in [0.29, 0.717) is 40.1 Å². The summed E-state index contributed by atoms with van der Waals surface area (Å²) < 4.78 is 1.59. The average Bonchev–Trinajstić information content (AvgIpc) is 3.42. The van der Waals surface area contributed by atoms with Crippen LogP contribution in [0, 0.1) is 0 Å². The molecule has 3 aromatic heterocycles. The largest absolute Gasteiger partial charge is 0.379 e. The predicted octanol–water partition coefficient (Wildman–Crippen LogP) is 3.67. The highest BCUT2D eigenvalue weighted by molar-refractivity contribution is 6.29. The molecular formula is C28H37ClN10O2. The minimum absolute atomic E-state index is 0.0496. The first-order valence-electron chi connectivity index (χ1n) is 14.4. The number of fused-ring (bicyclic) bond motifs is 1. The molecule has 2 saturated carbocycles. The van der Waals surface area contributed by atoms with Crippen LogP contribution in [0.15, 0.2) is 30.6 Å². The van der Waals surface area contributed by atoms with Gasteiger partial charge in [0.1, 0.15) is 11.0 Å². The minimum Gasteiger partial charge on any atom is -0.379 e. The maximum atomic E-state index is 13.2. The number of rotatable bonds is 8. The second kappa shape index (κ2) is 11.7. The van der Waals surface area contributed by atoms with Crippen LogP contribution in [-0.2, 0) is 0 Å². The number of pyridine rings is 1. The van der Waals surface area contributed by atoms with Crippen LogP contribution in [0.5, 0.6) is 0 Å². The number of halogens is 1. The molecule has 1 atom stereocenters. The van der Waals surface area contributed by atoms with E-state index in [-0.39, 0.29) is 24.0 Å². The lowest BCUT2D eigenvalue weighted by molar-refractivity contribution is 0.102. The summed E-state index contributed by atoms with van der Waals surface area (Å²) in [5, 5.41) is 18.3. The van der Waals surface area contributed by atoms with E-state index >= 15 is 0 Å². The van der Waals surface area contributed by atoms with Gasteiger partial charge in [-0.1, -0.05) is 11.6 Å². The number of hydrogen-bond acceptors (Lipinski definition) is 8. The van der Waals surface area contributed by atoms with Crippen molar-refractivity contribution in [3.05, 3.63) is 41.4 Å². The van der Waals surface area contributed by atoms with E-state index in [2.05, 4.69) is 50.2 Å². The van der Waals surface area contributed by atoms with Crippen LogP contribution in [0.25, 0.3) is 5.65 Å². The Balaban J connectivity index is 1.11. The van der Waals surface area contributed by atoms with Crippen LogP contribution in [0.2, 0.25) is 5.15 Å². The lowest BCUT2D eigenvalue weighted by Gasteiger charge is -2.31. The minimum atomic E-state index is -0.340. The molecule has 4 heterocycles. The molecule has 0 spiro atoms. The highest BCUT2D eigenvalue weighted by Gasteiger charge is 2.30. The van der Waals surface area contributed by atoms with Crippen molar-refractivity contribution >= 4 is 46.4 Å². The van der Waals surface area contributed by atoms with E-state index in [1.165, 1.54) is 12.4 Å². The van der Waals surface area contributed by atoms with E-state index in [0.717, 1.165) is 63.7 Å². The fourth-order valence-corrected chi connectivity index (χ4v) is 5.80. The number of hydrogen-bond donors (Lipinski definition) is 4. The van der Waals surface area contributed by atoms with Crippen molar-refractivity contribution in [2.24, 2.45) is 0 Å². The molecule has 1 saturated heterocycles. The van der Waals surface area contributed by atoms with Crippen molar-refractivity contribution in [2.75, 3.05) is 43.1 Å². The van der Waals surface area contributed by atoms with Gasteiger partial charge >= 0.3 is 6.03 Å². The van der Waals surface area contributed by atoms with Crippen molar-refractivity contribution in [3.8, 4) is 0 Å². The zero-order valence-corrected chi connectivity index (χ0v) is 24.2. The Bertz CT molecular complexity index is 1420.